The van der Waals surface area contributed by atoms with E-state index >= 15 is 0 Å². The highest BCUT2D eigenvalue weighted by Crippen LogP contribution is 2.44. The third-order valence-corrected chi connectivity index (χ3v) is 6.07. The van der Waals surface area contributed by atoms with Crippen LogP contribution in [0.3, 0.4) is 0 Å². The SMILES string of the molecule is O=C(Cc1ccc(F)cc1)OCC(=O)N1N=C2C(=Cc3ccco3)CCCC2C1c1ccco1. The van der Waals surface area contributed by atoms with Crippen molar-refractivity contribution in [1.29, 1.82) is 0 Å². The molecule has 174 valence electrons. The number of carbonyl (C=O) groups is 2. The number of esters is 1. The van der Waals surface area contributed by atoms with Crippen LogP contribution in [0.15, 0.2) is 80.6 Å². The number of rotatable bonds is 6. The van der Waals surface area contributed by atoms with Crippen LogP contribution >= 0.6 is 0 Å². The summed E-state index contributed by atoms with van der Waals surface area (Å²) >= 11 is 0. The molecule has 3 heterocycles. The van der Waals surface area contributed by atoms with Crippen LogP contribution in [0.4, 0.5) is 4.39 Å². The van der Waals surface area contributed by atoms with Gasteiger partial charge in [-0.15, -0.1) is 0 Å². The molecule has 1 amide bonds. The van der Waals surface area contributed by atoms with Crippen LogP contribution in [-0.4, -0.2) is 29.2 Å². The third-order valence-electron chi connectivity index (χ3n) is 6.07. The standard InChI is InChI=1S/C26H23FN2O5/c27-19-10-8-17(9-11-19)14-24(31)34-16-23(30)29-26(22-7-3-13-33-22)21-6-1-4-18(25(21)28-29)15-20-5-2-12-32-20/h2-3,5,7-13,15,21,26H,1,4,6,14,16H2. The van der Waals surface area contributed by atoms with Gasteiger partial charge in [0.1, 0.15) is 23.4 Å². The smallest absolute Gasteiger partial charge is 0.310 e. The number of ether oxygens (including phenoxy) is 1. The van der Waals surface area contributed by atoms with E-state index in [0.717, 1.165) is 36.3 Å². The molecular formula is C26H23FN2O5. The monoisotopic (exact) mass is 462 g/mol. The minimum atomic E-state index is -0.572. The van der Waals surface area contributed by atoms with Gasteiger partial charge in [-0.1, -0.05) is 12.1 Å². The second-order valence-electron chi connectivity index (χ2n) is 8.33. The van der Waals surface area contributed by atoms with E-state index in [2.05, 4.69) is 5.10 Å². The number of benzene rings is 1. The minimum absolute atomic E-state index is 0.0278. The van der Waals surface area contributed by atoms with Crippen LogP contribution in [0.2, 0.25) is 0 Å². The van der Waals surface area contributed by atoms with Gasteiger partial charge in [0, 0.05) is 5.92 Å². The average molecular weight is 462 g/mol. The Hall–Kier alpha value is -3.94. The number of halogens is 1. The Morgan fingerprint density at radius 3 is 2.65 bits per heavy atom. The molecule has 2 aliphatic rings. The van der Waals surface area contributed by atoms with Crippen LogP contribution in [0.1, 0.15) is 42.4 Å². The zero-order valence-electron chi connectivity index (χ0n) is 18.4. The normalized spacial score (nSPS) is 20.8. The number of hydrogen-bond donors (Lipinski definition) is 0. The minimum Gasteiger partial charge on any atom is -0.467 e. The van der Waals surface area contributed by atoms with Gasteiger partial charge in [0.2, 0.25) is 0 Å². The summed E-state index contributed by atoms with van der Waals surface area (Å²) in [6.07, 6.45) is 7.72. The van der Waals surface area contributed by atoms with Crippen LogP contribution in [0.5, 0.6) is 0 Å². The van der Waals surface area contributed by atoms with Crippen LogP contribution in [0, 0.1) is 11.7 Å². The number of fused-ring (bicyclic) bond motifs is 1. The largest absolute Gasteiger partial charge is 0.467 e. The van der Waals surface area contributed by atoms with Gasteiger partial charge in [-0.3, -0.25) is 9.59 Å². The highest BCUT2D eigenvalue weighted by atomic mass is 19.1. The first kappa shape index (κ1) is 21.9. The zero-order valence-corrected chi connectivity index (χ0v) is 18.4. The Morgan fingerprint density at radius 2 is 1.91 bits per heavy atom. The van der Waals surface area contributed by atoms with Crippen LogP contribution < -0.4 is 0 Å². The number of carbonyl (C=O) groups excluding carboxylic acids is 2. The van der Waals surface area contributed by atoms with E-state index in [4.69, 9.17) is 13.6 Å². The molecule has 0 bridgehead atoms. The molecule has 3 aromatic rings. The van der Waals surface area contributed by atoms with E-state index in [9.17, 15) is 14.0 Å². The van der Waals surface area contributed by atoms with Gasteiger partial charge in [-0.2, -0.15) is 5.10 Å². The van der Waals surface area contributed by atoms with Crippen molar-refractivity contribution in [1.82, 2.24) is 5.01 Å². The summed E-state index contributed by atoms with van der Waals surface area (Å²) in [4.78, 5) is 25.4. The molecule has 0 saturated heterocycles. The first-order valence-electron chi connectivity index (χ1n) is 11.2. The lowest BCUT2D eigenvalue weighted by atomic mass is 9.79. The van der Waals surface area contributed by atoms with Crippen molar-refractivity contribution in [2.75, 3.05) is 6.61 Å². The molecule has 7 nitrogen and oxygen atoms in total. The number of allylic oxidation sites excluding steroid dienone is 1. The summed E-state index contributed by atoms with van der Waals surface area (Å²) in [5.41, 5.74) is 2.45. The molecule has 1 saturated carbocycles. The van der Waals surface area contributed by atoms with Gasteiger partial charge in [0.15, 0.2) is 6.61 Å². The van der Waals surface area contributed by atoms with Crippen LogP contribution in [-0.2, 0) is 20.7 Å². The van der Waals surface area contributed by atoms with Gasteiger partial charge < -0.3 is 13.6 Å². The average Bonchev–Trinajstić information content (AvgIpc) is 3.60. The fourth-order valence-electron chi connectivity index (χ4n) is 4.52. The summed E-state index contributed by atoms with van der Waals surface area (Å²) in [6, 6.07) is 12.5. The quantitative estimate of drug-likeness (QED) is 0.486. The van der Waals surface area contributed by atoms with Gasteiger partial charge in [0.25, 0.3) is 5.91 Å². The Kier molecular flexibility index (Phi) is 6.12. The predicted octanol–water partition coefficient (Wildman–Crippen LogP) is 4.92. The summed E-state index contributed by atoms with van der Waals surface area (Å²) < 4.78 is 29.4. The number of hydrogen-bond acceptors (Lipinski definition) is 6. The summed E-state index contributed by atoms with van der Waals surface area (Å²) in [5, 5.41) is 6.06. The van der Waals surface area contributed by atoms with Crippen molar-refractivity contribution in [2.24, 2.45) is 11.0 Å². The Bertz CT molecular complexity index is 1210. The molecule has 2 unspecified atom stereocenters. The lowest BCUT2D eigenvalue weighted by molar-refractivity contribution is -0.152. The fraction of sp³-hybridized carbons (Fsp3) is 0.269. The summed E-state index contributed by atoms with van der Waals surface area (Å²) in [6.45, 7) is -0.446. The summed E-state index contributed by atoms with van der Waals surface area (Å²) in [5.74, 6) is -0.0574. The predicted molar refractivity (Wildman–Crippen MR) is 121 cm³/mol. The van der Waals surface area contributed by atoms with Crippen molar-refractivity contribution >= 4 is 23.7 Å². The molecule has 1 fully saturated rings. The first-order valence-corrected chi connectivity index (χ1v) is 11.2. The Morgan fingerprint density at radius 1 is 1.12 bits per heavy atom. The zero-order chi connectivity index (χ0) is 23.5. The lowest BCUT2D eigenvalue weighted by Crippen LogP contribution is -2.34. The summed E-state index contributed by atoms with van der Waals surface area (Å²) in [7, 11) is 0. The van der Waals surface area contributed by atoms with Gasteiger partial charge in [0.05, 0.1) is 24.7 Å². The second-order valence-corrected chi connectivity index (χ2v) is 8.33. The molecule has 0 N–H and O–H groups in total. The van der Waals surface area contributed by atoms with Gasteiger partial charge in [-0.25, -0.2) is 9.40 Å². The third kappa shape index (κ3) is 4.57. The maximum atomic E-state index is 13.1. The Balaban J connectivity index is 1.33. The van der Waals surface area contributed by atoms with Crippen molar-refractivity contribution < 1.29 is 27.6 Å². The number of hydrazone groups is 1. The van der Waals surface area contributed by atoms with Crippen molar-refractivity contribution in [2.45, 2.75) is 31.7 Å². The van der Waals surface area contributed by atoms with E-state index in [1.807, 2.05) is 24.3 Å². The fourth-order valence-corrected chi connectivity index (χ4v) is 4.52. The first-order chi connectivity index (χ1) is 16.6. The molecule has 2 atom stereocenters. The van der Waals surface area contributed by atoms with Crippen molar-refractivity contribution in [3.05, 3.63) is 89.5 Å². The van der Waals surface area contributed by atoms with E-state index in [0.29, 0.717) is 11.3 Å². The van der Waals surface area contributed by atoms with Crippen LogP contribution in [0.25, 0.3) is 6.08 Å². The number of furan rings is 2. The molecule has 0 spiro atoms. The molecule has 1 aliphatic carbocycles. The molecule has 5 rings (SSSR count). The maximum Gasteiger partial charge on any atom is 0.310 e. The van der Waals surface area contributed by atoms with E-state index in [1.165, 1.54) is 29.3 Å². The lowest BCUT2D eigenvalue weighted by Gasteiger charge is -2.27. The van der Waals surface area contributed by atoms with E-state index in [1.54, 1.807) is 18.6 Å². The molecule has 0 radical (unpaired) electrons. The molecule has 1 aromatic carbocycles. The van der Waals surface area contributed by atoms with Gasteiger partial charge in [-0.05, 0) is 72.9 Å². The topological polar surface area (TPSA) is 85.3 Å². The molecule has 8 heteroatoms. The van der Waals surface area contributed by atoms with E-state index < -0.39 is 24.5 Å². The molecule has 34 heavy (non-hydrogen) atoms. The second kappa shape index (κ2) is 9.51. The van der Waals surface area contributed by atoms with Crippen molar-refractivity contribution in [3.8, 4) is 0 Å². The maximum absolute atomic E-state index is 13.1. The highest BCUT2D eigenvalue weighted by Gasteiger charge is 2.45. The molecule has 2 aromatic heterocycles. The number of nitrogens with zero attached hydrogens (tertiary/aromatic N) is 2. The number of amides is 1. The molecular weight excluding hydrogens is 439 g/mol. The highest BCUT2D eigenvalue weighted by molar-refractivity contribution is 6.08. The van der Waals surface area contributed by atoms with E-state index in [-0.39, 0.29) is 18.2 Å². The van der Waals surface area contributed by atoms with Gasteiger partial charge >= 0.3 is 5.97 Å². The Labute approximate surface area is 195 Å². The molecule has 1 aliphatic heterocycles. The van der Waals surface area contributed by atoms with Crippen molar-refractivity contribution in [3.63, 3.8) is 0 Å².